The summed E-state index contributed by atoms with van der Waals surface area (Å²) < 4.78 is 46.5. The number of carbonyl (C=O) groups is 2. The molecule has 2 heterocycles. The van der Waals surface area contributed by atoms with Crippen molar-refractivity contribution < 1.29 is 27.5 Å². The molecule has 8 nitrogen and oxygen atoms in total. The van der Waals surface area contributed by atoms with E-state index < -0.39 is 17.8 Å². The van der Waals surface area contributed by atoms with E-state index in [1.807, 2.05) is 4.90 Å². The molecular weight excluding hydrogens is 499 g/mol. The number of halogens is 3. The van der Waals surface area contributed by atoms with Crippen LogP contribution < -0.4 is 16.0 Å². The number of hydrogen-bond donors (Lipinski definition) is 3. The molecule has 0 saturated carbocycles. The normalized spacial score (nSPS) is 14.0. The van der Waals surface area contributed by atoms with Gasteiger partial charge in [-0.05, 0) is 53.6 Å². The molecule has 1 saturated heterocycles. The van der Waals surface area contributed by atoms with E-state index in [0.29, 0.717) is 37.8 Å². The predicted molar refractivity (Wildman–Crippen MR) is 139 cm³/mol. The van der Waals surface area contributed by atoms with Gasteiger partial charge in [0.1, 0.15) is 5.82 Å². The van der Waals surface area contributed by atoms with E-state index in [1.54, 1.807) is 42.6 Å². The van der Waals surface area contributed by atoms with E-state index in [2.05, 4.69) is 27.5 Å². The second-order valence-corrected chi connectivity index (χ2v) is 8.54. The predicted octanol–water partition coefficient (Wildman–Crippen LogP) is 5.37. The van der Waals surface area contributed by atoms with E-state index in [0.717, 1.165) is 23.3 Å². The smallest absolute Gasteiger partial charge is 0.379 e. The van der Waals surface area contributed by atoms with Crippen molar-refractivity contribution in [3.8, 4) is 11.1 Å². The molecule has 11 heteroatoms. The maximum atomic E-state index is 13.7. The molecule has 0 bridgehead atoms. The van der Waals surface area contributed by atoms with Crippen LogP contribution in [0, 0.1) is 0 Å². The van der Waals surface area contributed by atoms with Crippen molar-refractivity contribution in [2.45, 2.75) is 12.7 Å². The zero-order valence-corrected chi connectivity index (χ0v) is 20.3. The van der Waals surface area contributed by atoms with Gasteiger partial charge in [0.05, 0.1) is 18.8 Å². The number of nitrogens with zero attached hydrogens (tertiary/aromatic N) is 2. The van der Waals surface area contributed by atoms with Crippen molar-refractivity contribution in [3.63, 3.8) is 0 Å². The van der Waals surface area contributed by atoms with E-state index in [4.69, 9.17) is 4.74 Å². The Balaban J connectivity index is 1.38. The van der Waals surface area contributed by atoms with Crippen molar-refractivity contribution in [3.05, 3.63) is 84.6 Å². The van der Waals surface area contributed by atoms with Crippen molar-refractivity contribution in [2.24, 2.45) is 0 Å². The summed E-state index contributed by atoms with van der Waals surface area (Å²) in [5.41, 5.74) is 1.45. The molecule has 3 amide bonds. The van der Waals surface area contributed by atoms with Crippen LogP contribution in [-0.2, 0) is 22.3 Å². The minimum absolute atomic E-state index is 0.0342. The number of urea groups is 1. The molecule has 3 N–H and O–H groups in total. The molecule has 198 valence electrons. The number of anilines is 3. The van der Waals surface area contributed by atoms with Gasteiger partial charge < -0.3 is 20.7 Å². The molecule has 1 aliphatic heterocycles. The third kappa shape index (κ3) is 7.17. The first-order chi connectivity index (χ1) is 18.2. The minimum Gasteiger partial charge on any atom is -0.379 e. The summed E-state index contributed by atoms with van der Waals surface area (Å²) in [5.74, 6) is 0.0222. The Bertz CT molecular complexity index is 1290. The lowest BCUT2D eigenvalue weighted by Crippen LogP contribution is -2.36. The van der Waals surface area contributed by atoms with Crippen LogP contribution in [0.4, 0.5) is 35.2 Å². The largest absolute Gasteiger partial charge is 0.416 e. The second-order valence-electron chi connectivity index (χ2n) is 8.54. The first-order valence-corrected chi connectivity index (χ1v) is 11.8. The first-order valence-electron chi connectivity index (χ1n) is 11.8. The number of ether oxygens (including phenoxy) is 1. The van der Waals surface area contributed by atoms with Crippen LogP contribution >= 0.6 is 0 Å². The zero-order chi connectivity index (χ0) is 27.1. The molecule has 0 aliphatic carbocycles. The van der Waals surface area contributed by atoms with E-state index >= 15 is 0 Å². The van der Waals surface area contributed by atoms with Crippen molar-refractivity contribution in [1.29, 1.82) is 0 Å². The molecule has 0 atom stereocenters. The Morgan fingerprint density at radius 1 is 0.947 bits per heavy atom. The summed E-state index contributed by atoms with van der Waals surface area (Å²) in [5, 5.41) is 7.65. The Morgan fingerprint density at radius 3 is 2.24 bits per heavy atom. The van der Waals surface area contributed by atoms with Crippen LogP contribution in [0.15, 0.2) is 73.4 Å². The first kappa shape index (κ1) is 26.8. The van der Waals surface area contributed by atoms with Gasteiger partial charge in [-0.15, -0.1) is 0 Å². The van der Waals surface area contributed by atoms with Gasteiger partial charge in [-0.3, -0.25) is 9.69 Å². The monoisotopic (exact) mass is 525 g/mol. The summed E-state index contributed by atoms with van der Waals surface area (Å²) in [6.45, 7) is 5.64. The lowest BCUT2D eigenvalue weighted by atomic mass is 10.0. The highest BCUT2D eigenvalue weighted by Gasteiger charge is 2.34. The third-order valence-corrected chi connectivity index (χ3v) is 5.85. The fraction of sp³-hybridized carbons (Fsp3) is 0.222. The van der Waals surface area contributed by atoms with Crippen LogP contribution in [0.5, 0.6) is 0 Å². The van der Waals surface area contributed by atoms with Gasteiger partial charge in [0.15, 0.2) is 0 Å². The second kappa shape index (κ2) is 11.9. The van der Waals surface area contributed by atoms with Crippen molar-refractivity contribution in [2.75, 3.05) is 42.3 Å². The number of benzene rings is 2. The van der Waals surface area contributed by atoms with Gasteiger partial charge in [-0.25, -0.2) is 9.78 Å². The number of alkyl halides is 3. The molecule has 1 aliphatic rings. The lowest BCUT2D eigenvalue weighted by molar-refractivity contribution is -0.138. The van der Waals surface area contributed by atoms with E-state index in [-0.39, 0.29) is 23.7 Å². The van der Waals surface area contributed by atoms with E-state index in [1.165, 1.54) is 12.1 Å². The van der Waals surface area contributed by atoms with E-state index in [9.17, 15) is 22.8 Å². The maximum Gasteiger partial charge on any atom is 0.416 e. The SMILES string of the molecule is C=CC(=O)Nc1ccc(-c2ccc(NC(=O)Nc3ccc(CN4CCOCC4)c(C(F)(F)F)c3)cc2)cn1. The zero-order valence-electron chi connectivity index (χ0n) is 20.3. The summed E-state index contributed by atoms with van der Waals surface area (Å²) in [4.78, 5) is 29.9. The number of morpholine rings is 1. The molecule has 0 radical (unpaired) electrons. The molecule has 38 heavy (non-hydrogen) atoms. The Morgan fingerprint density at radius 2 is 1.61 bits per heavy atom. The average Bonchev–Trinajstić information content (AvgIpc) is 2.90. The number of pyridine rings is 1. The average molecular weight is 526 g/mol. The molecule has 2 aromatic carbocycles. The molecule has 4 rings (SSSR count). The molecular formula is C27H26F3N5O3. The summed E-state index contributed by atoms with van der Waals surface area (Å²) >= 11 is 0. The maximum absolute atomic E-state index is 13.7. The third-order valence-electron chi connectivity index (χ3n) is 5.85. The van der Waals surface area contributed by atoms with Crippen LogP contribution in [-0.4, -0.2) is 48.1 Å². The number of nitrogens with one attached hydrogen (secondary N) is 3. The Labute approximate surface area is 217 Å². The van der Waals surface area contributed by atoms with Gasteiger partial charge in [0.25, 0.3) is 0 Å². The highest BCUT2D eigenvalue weighted by molar-refractivity contribution is 6.00. The number of amides is 3. The highest BCUT2D eigenvalue weighted by atomic mass is 19.4. The molecule has 1 aromatic heterocycles. The fourth-order valence-corrected chi connectivity index (χ4v) is 3.91. The van der Waals surface area contributed by atoms with Crippen LogP contribution in [0.1, 0.15) is 11.1 Å². The molecule has 0 unspecified atom stereocenters. The molecule has 3 aromatic rings. The standard InChI is InChI=1S/C27H26F3N5O3/c1-2-25(36)34-24-10-6-19(16-31-24)18-3-7-21(8-4-18)32-26(37)33-22-9-5-20(23(15-22)27(28,29)30)17-35-11-13-38-14-12-35/h2-10,15-16H,1,11-14,17H2,(H,31,34,36)(H2,32,33,37). The van der Waals surface area contributed by atoms with Crippen LogP contribution in [0.3, 0.4) is 0 Å². The summed E-state index contributed by atoms with van der Waals surface area (Å²) in [6, 6.07) is 13.4. The van der Waals surface area contributed by atoms with Gasteiger partial charge in [-0.2, -0.15) is 13.2 Å². The summed E-state index contributed by atoms with van der Waals surface area (Å²) in [7, 11) is 0. The van der Waals surface area contributed by atoms with Gasteiger partial charge in [0, 0.05) is 42.8 Å². The van der Waals surface area contributed by atoms with Gasteiger partial charge in [-0.1, -0.05) is 24.8 Å². The molecule has 0 spiro atoms. The topological polar surface area (TPSA) is 95.6 Å². The summed E-state index contributed by atoms with van der Waals surface area (Å²) in [6.07, 6.45) is -1.82. The number of hydrogen-bond acceptors (Lipinski definition) is 5. The number of rotatable bonds is 7. The van der Waals surface area contributed by atoms with Crippen molar-refractivity contribution in [1.82, 2.24) is 9.88 Å². The number of carbonyl (C=O) groups excluding carboxylic acids is 2. The number of aromatic nitrogens is 1. The fourth-order valence-electron chi connectivity index (χ4n) is 3.91. The lowest BCUT2D eigenvalue weighted by Gasteiger charge is -2.27. The Kier molecular flexibility index (Phi) is 8.39. The van der Waals surface area contributed by atoms with Gasteiger partial charge >= 0.3 is 12.2 Å². The van der Waals surface area contributed by atoms with Crippen molar-refractivity contribution >= 4 is 29.1 Å². The van der Waals surface area contributed by atoms with Gasteiger partial charge in [0.2, 0.25) is 5.91 Å². The molecule has 1 fully saturated rings. The Hall–Kier alpha value is -4.22. The minimum atomic E-state index is -4.56. The highest BCUT2D eigenvalue weighted by Crippen LogP contribution is 2.34. The quantitative estimate of drug-likeness (QED) is 0.361. The van der Waals surface area contributed by atoms with Crippen LogP contribution in [0.2, 0.25) is 0 Å². The van der Waals surface area contributed by atoms with Crippen LogP contribution in [0.25, 0.3) is 11.1 Å².